The lowest BCUT2D eigenvalue weighted by Crippen LogP contribution is -2.08. The van der Waals surface area contributed by atoms with Gasteiger partial charge in [-0.1, -0.05) is 133 Å². The SMILES string of the molecule is C1=Cc2c(n(-c3nc(-c4ccccc4)c4ccccc4n3)c3ccc(-c4ccc5c(c4)c4ccccc4n5-c4cccc(-c5ccccc5)c4)cc23)CC1. The number of rotatable bonds is 5. The van der Waals surface area contributed by atoms with E-state index in [9.17, 15) is 0 Å². The molecule has 4 nitrogen and oxygen atoms in total. The van der Waals surface area contributed by atoms with Gasteiger partial charge in [-0.25, -0.2) is 9.97 Å². The van der Waals surface area contributed by atoms with E-state index in [2.05, 4.69) is 185 Å². The molecular weight excluding hydrogens is 657 g/mol. The molecule has 54 heavy (non-hydrogen) atoms. The van der Waals surface area contributed by atoms with Gasteiger partial charge in [-0.3, -0.25) is 4.57 Å². The molecule has 3 aromatic heterocycles. The van der Waals surface area contributed by atoms with E-state index in [0.717, 1.165) is 46.2 Å². The van der Waals surface area contributed by atoms with E-state index in [1.54, 1.807) is 0 Å². The molecule has 1 aliphatic carbocycles. The third kappa shape index (κ3) is 4.84. The van der Waals surface area contributed by atoms with Crippen LogP contribution in [-0.2, 0) is 6.42 Å². The zero-order valence-electron chi connectivity index (χ0n) is 29.5. The minimum Gasteiger partial charge on any atom is -0.309 e. The zero-order chi connectivity index (χ0) is 35.6. The summed E-state index contributed by atoms with van der Waals surface area (Å²) in [4.78, 5) is 10.5. The van der Waals surface area contributed by atoms with E-state index >= 15 is 0 Å². The van der Waals surface area contributed by atoms with Crippen molar-refractivity contribution in [1.29, 1.82) is 0 Å². The van der Waals surface area contributed by atoms with E-state index in [4.69, 9.17) is 9.97 Å². The first-order chi connectivity index (χ1) is 26.8. The molecule has 11 rings (SSSR count). The molecule has 7 aromatic carbocycles. The number of benzene rings is 7. The normalized spacial score (nSPS) is 12.6. The van der Waals surface area contributed by atoms with Gasteiger partial charge in [0.05, 0.1) is 27.8 Å². The smallest absolute Gasteiger partial charge is 0.235 e. The summed E-state index contributed by atoms with van der Waals surface area (Å²) in [6, 6.07) is 60.9. The van der Waals surface area contributed by atoms with Crippen LogP contribution in [0, 0.1) is 0 Å². The Morgan fingerprint density at radius 2 is 1.06 bits per heavy atom. The highest BCUT2D eigenvalue weighted by atomic mass is 15.2. The second-order valence-electron chi connectivity index (χ2n) is 14.1. The molecule has 0 saturated carbocycles. The van der Waals surface area contributed by atoms with Crippen LogP contribution in [-0.4, -0.2) is 19.1 Å². The van der Waals surface area contributed by atoms with E-state index in [0.29, 0.717) is 5.95 Å². The number of allylic oxidation sites excluding steroid dienone is 1. The Bertz CT molecular complexity index is 3090. The van der Waals surface area contributed by atoms with Gasteiger partial charge >= 0.3 is 0 Å². The summed E-state index contributed by atoms with van der Waals surface area (Å²) in [6.07, 6.45) is 6.51. The van der Waals surface area contributed by atoms with Crippen LogP contribution in [0.15, 0.2) is 176 Å². The lowest BCUT2D eigenvalue weighted by Gasteiger charge is -2.14. The quantitative estimate of drug-likeness (QED) is 0.180. The fourth-order valence-corrected chi connectivity index (χ4v) is 8.50. The predicted molar refractivity (Wildman–Crippen MR) is 224 cm³/mol. The van der Waals surface area contributed by atoms with Crippen LogP contribution in [0.4, 0.5) is 0 Å². The van der Waals surface area contributed by atoms with Crippen LogP contribution in [0.3, 0.4) is 0 Å². The van der Waals surface area contributed by atoms with Crippen LogP contribution in [0.2, 0.25) is 0 Å². The number of fused-ring (bicyclic) bond motifs is 7. The molecule has 1 aliphatic rings. The monoisotopic (exact) mass is 690 g/mol. The molecular formula is C50H34N4. The maximum Gasteiger partial charge on any atom is 0.235 e. The lowest BCUT2D eigenvalue weighted by molar-refractivity contribution is 0.852. The van der Waals surface area contributed by atoms with Crippen LogP contribution in [0.1, 0.15) is 17.7 Å². The third-order valence-corrected chi connectivity index (χ3v) is 11.0. The summed E-state index contributed by atoms with van der Waals surface area (Å²) in [5.41, 5.74) is 15.0. The number of hydrogen-bond acceptors (Lipinski definition) is 2. The second kappa shape index (κ2) is 12.3. The van der Waals surface area contributed by atoms with Gasteiger partial charge in [-0.2, -0.15) is 0 Å². The van der Waals surface area contributed by atoms with Crippen molar-refractivity contribution in [2.45, 2.75) is 12.8 Å². The van der Waals surface area contributed by atoms with Gasteiger partial charge in [0.2, 0.25) is 5.95 Å². The fourth-order valence-electron chi connectivity index (χ4n) is 8.50. The summed E-state index contributed by atoms with van der Waals surface area (Å²) in [6.45, 7) is 0. The first kappa shape index (κ1) is 30.6. The molecule has 0 radical (unpaired) electrons. The fraction of sp³-hybridized carbons (Fsp3) is 0.0400. The van der Waals surface area contributed by atoms with E-state index in [1.165, 1.54) is 60.7 Å². The minimum atomic E-state index is 0.715. The van der Waals surface area contributed by atoms with Gasteiger partial charge in [0.1, 0.15) is 0 Å². The standard InChI is InChI=1S/C50H34N4/c1-3-14-33(15-4-1)35-18-13-19-38(30-35)53-45-24-11-8-20-39(45)42-31-36(26-28-47(42)53)37-27-29-48-43(32-37)40-21-9-12-25-46(40)54(48)50-51-44-23-10-7-22-41(44)49(52-50)34-16-5-2-6-17-34/h1-11,13-24,26-32H,12,25H2. The molecule has 0 amide bonds. The number of nitrogens with zero attached hydrogens (tertiary/aromatic N) is 4. The molecule has 0 aliphatic heterocycles. The van der Waals surface area contributed by atoms with Crippen molar-refractivity contribution in [2.24, 2.45) is 0 Å². The van der Waals surface area contributed by atoms with Gasteiger partial charge in [0, 0.05) is 44.1 Å². The Balaban J connectivity index is 1.07. The van der Waals surface area contributed by atoms with Crippen LogP contribution < -0.4 is 0 Å². The third-order valence-electron chi connectivity index (χ3n) is 11.0. The summed E-state index contributed by atoms with van der Waals surface area (Å²) in [5.74, 6) is 0.715. The first-order valence-corrected chi connectivity index (χ1v) is 18.6. The summed E-state index contributed by atoms with van der Waals surface area (Å²) >= 11 is 0. The molecule has 254 valence electrons. The number of hydrogen-bond donors (Lipinski definition) is 0. The van der Waals surface area contributed by atoms with E-state index in [1.807, 2.05) is 6.07 Å². The Morgan fingerprint density at radius 1 is 0.426 bits per heavy atom. The van der Waals surface area contributed by atoms with Crippen molar-refractivity contribution in [3.63, 3.8) is 0 Å². The Labute approximate surface area is 312 Å². The largest absolute Gasteiger partial charge is 0.309 e. The molecule has 0 atom stereocenters. The Hall–Kier alpha value is -7.04. The number of para-hydroxylation sites is 2. The zero-order valence-corrected chi connectivity index (χ0v) is 29.5. The summed E-state index contributed by atoms with van der Waals surface area (Å²) in [5, 5.41) is 4.76. The first-order valence-electron chi connectivity index (χ1n) is 18.6. The van der Waals surface area contributed by atoms with Crippen LogP contribution >= 0.6 is 0 Å². The highest BCUT2D eigenvalue weighted by Crippen LogP contribution is 2.39. The molecule has 10 aromatic rings. The summed E-state index contributed by atoms with van der Waals surface area (Å²) in [7, 11) is 0. The van der Waals surface area contributed by atoms with Gasteiger partial charge in [0.25, 0.3) is 0 Å². The maximum absolute atomic E-state index is 5.29. The van der Waals surface area contributed by atoms with E-state index < -0.39 is 0 Å². The van der Waals surface area contributed by atoms with Crippen molar-refractivity contribution in [3.05, 3.63) is 187 Å². The van der Waals surface area contributed by atoms with Crippen molar-refractivity contribution in [2.75, 3.05) is 0 Å². The Kier molecular flexibility index (Phi) is 6.96. The molecule has 0 fully saturated rings. The van der Waals surface area contributed by atoms with Gasteiger partial charge in [-0.05, 0) is 83.6 Å². The average Bonchev–Trinajstić information content (AvgIpc) is 3.76. The van der Waals surface area contributed by atoms with Crippen LogP contribution in [0.5, 0.6) is 0 Å². The number of aromatic nitrogens is 4. The van der Waals surface area contributed by atoms with Gasteiger partial charge in [0.15, 0.2) is 0 Å². The average molecular weight is 691 g/mol. The highest BCUT2D eigenvalue weighted by Gasteiger charge is 2.22. The lowest BCUT2D eigenvalue weighted by atomic mass is 9.98. The maximum atomic E-state index is 5.29. The van der Waals surface area contributed by atoms with Crippen LogP contribution in [0.25, 0.3) is 94.8 Å². The molecule has 3 heterocycles. The predicted octanol–water partition coefficient (Wildman–Crippen LogP) is 12.6. The van der Waals surface area contributed by atoms with Crippen molar-refractivity contribution in [1.82, 2.24) is 19.1 Å². The molecule has 0 bridgehead atoms. The molecule has 0 unspecified atom stereocenters. The minimum absolute atomic E-state index is 0.715. The second-order valence-corrected chi connectivity index (χ2v) is 14.1. The van der Waals surface area contributed by atoms with Crippen molar-refractivity contribution < 1.29 is 0 Å². The van der Waals surface area contributed by atoms with Crippen molar-refractivity contribution in [3.8, 4) is 45.1 Å². The Morgan fingerprint density at radius 3 is 1.87 bits per heavy atom. The van der Waals surface area contributed by atoms with E-state index in [-0.39, 0.29) is 0 Å². The van der Waals surface area contributed by atoms with Gasteiger partial charge in [-0.15, -0.1) is 0 Å². The summed E-state index contributed by atoms with van der Waals surface area (Å²) < 4.78 is 4.70. The highest BCUT2D eigenvalue weighted by molar-refractivity contribution is 6.11. The molecule has 0 saturated heterocycles. The molecule has 4 heteroatoms. The van der Waals surface area contributed by atoms with Gasteiger partial charge < -0.3 is 4.57 Å². The molecule has 0 spiro atoms. The topological polar surface area (TPSA) is 35.6 Å². The molecule has 0 N–H and O–H groups in total. The van der Waals surface area contributed by atoms with Crippen molar-refractivity contribution >= 4 is 49.7 Å².